The third-order valence-corrected chi connectivity index (χ3v) is 11.3. The molecule has 1 aliphatic carbocycles. The number of carbonyl (C=O) groups is 1. The van der Waals surface area contributed by atoms with Crippen molar-refractivity contribution in [1.29, 1.82) is 0 Å². The summed E-state index contributed by atoms with van der Waals surface area (Å²) in [4.78, 5) is 28.7. The first kappa shape index (κ1) is 35.9. The van der Waals surface area contributed by atoms with Crippen LogP contribution in [0, 0.1) is 5.41 Å². The Kier molecular flexibility index (Phi) is 10.4. The lowest BCUT2D eigenvalue weighted by Gasteiger charge is -2.45. The van der Waals surface area contributed by atoms with E-state index >= 15 is 0 Å². The van der Waals surface area contributed by atoms with Gasteiger partial charge in [0.05, 0.1) is 43.2 Å². The molecule has 2 saturated heterocycles. The topological polar surface area (TPSA) is 92.4 Å². The normalized spacial score (nSPS) is 22.6. The third kappa shape index (κ3) is 7.65. The van der Waals surface area contributed by atoms with Gasteiger partial charge in [0.15, 0.2) is 0 Å². The van der Waals surface area contributed by atoms with Gasteiger partial charge in [-0.3, -0.25) is 4.90 Å². The monoisotopic (exact) mass is 739 g/mol. The van der Waals surface area contributed by atoms with E-state index in [-0.39, 0.29) is 23.5 Å². The predicted octanol–water partition coefficient (Wildman–Crippen LogP) is 7.88. The number of H-pyrrole nitrogens is 1. The Morgan fingerprint density at radius 1 is 1.02 bits per heavy atom. The van der Waals surface area contributed by atoms with Crippen LogP contribution in [0.3, 0.4) is 0 Å². The van der Waals surface area contributed by atoms with E-state index < -0.39 is 0 Å². The van der Waals surface area contributed by atoms with Crippen molar-refractivity contribution in [3.05, 3.63) is 82.5 Å². The van der Waals surface area contributed by atoms with E-state index in [1.807, 2.05) is 37.4 Å². The SMILES string of the molecule is CCOC(=O)c1ccc(N2CCN3CC4=C(c5ccc(Cl)cc5)CC(C)(C)C[C@H]4OCCCOC[C@@H]3C2)cc1N1CCCOc2nc3[nH]ccc3cc21. The van der Waals surface area contributed by atoms with E-state index in [4.69, 9.17) is 35.5 Å². The molecule has 2 aromatic carbocycles. The van der Waals surface area contributed by atoms with Crippen LogP contribution >= 0.6 is 11.6 Å². The van der Waals surface area contributed by atoms with Gasteiger partial charge in [-0.15, -0.1) is 0 Å². The number of anilines is 3. The van der Waals surface area contributed by atoms with E-state index in [9.17, 15) is 4.79 Å². The zero-order valence-electron chi connectivity index (χ0n) is 31.0. The summed E-state index contributed by atoms with van der Waals surface area (Å²) in [6.45, 7) is 13.4. The number of pyridine rings is 1. The first-order chi connectivity index (χ1) is 25.8. The number of benzene rings is 2. The minimum atomic E-state index is -0.338. The number of allylic oxidation sites excluding steroid dienone is 1. The highest BCUT2D eigenvalue weighted by molar-refractivity contribution is 6.30. The fourth-order valence-electron chi connectivity index (χ4n) is 8.43. The maximum atomic E-state index is 13.5. The van der Waals surface area contributed by atoms with Crippen LogP contribution < -0.4 is 14.5 Å². The second-order valence-electron chi connectivity index (χ2n) is 15.4. The molecule has 0 amide bonds. The predicted molar refractivity (Wildman–Crippen MR) is 210 cm³/mol. The van der Waals surface area contributed by atoms with E-state index in [1.54, 1.807) is 0 Å². The number of aromatic nitrogens is 2. The summed E-state index contributed by atoms with van der Waals surface area (Å²) in [6.07, 6.45) is 5.58. The van der Waals surface area contributed by atoms with Crippen molar-refractivity contribution in [2.24, 2.45) is 5.41 Å². The second-order valence-corrected chi connectivity index (χ2v) is 15.9. The van der Waals surface area contributed by atoms with Crippen molar-refractivity contribution in [2.45, 2.75) is 58.6 Å². The number of aromatic amines is 1. The van der Waals surface area contributed by atoms with Gasteiger partial charge in [-0.25, -0.2) is 4.79 Å². The number of halogens is 1. The van der Waals surface area contributed by atoms with E-state index in [0.717, 1.165) is 85.0 Å². The van der Waals surface area contributed by atoms with Crippen molar-refractivity contribution in [3.63, 3.8) is 0 Å². The van der Waals surface area contributed by atoms with Gasteiger partial charge in [-0.2, -0.15) is 4.98 Å². The average molecular weight is 740 g/mol. The van der Waals surface area contributed by atoms with Gasteiger partial charge < -0.3 is 33.7 Å². The van der Waals surface area contributed by atoms with Gasteiger partial charge in [0.25, 0.3) is 0 Å². The minimum absolute atomic E-state index is 0.0571. The molecule has 0 unspecified atom stereocenters. The van der Waals surface area contributed by atoms with Crippen molar-refractivity contribution in [3.8, 4) is 5.88 Å². The number of carbonyl (C=O) groups excluding carboxylic acids is 1. The molecule has 2 aromatic heterocycles. The van der Waals surface area contributed by atoms with Crippen LogP contribution in [0.2, 0.25) is 5.02 Å². The lowest BCUT2D eigenvalue weighted by atomic mass is 9.71. The molecular weight excluding hydrogens is 690 g/mol. The van der Waals surface area contributed by atoms with Crippen LogP contribution in [0.25, 0.3) is 16.6 Å². The van der Waals surface area contributed by atoms with Gasteiger partial charge in [-0.1, -0.05) is 37.6 Å². The highest BCUT2D eigenvalue weighted by atomic mass is 35.5. The number of esters is 1. The molecule has 4 aliphatic rings. The number of nitrogens with zero attached hydrogens (tertiary/aromatic N) is 4. The summed E-state index contributed by atoms with van der Waals surface area (Å²) in [7, 11) is 0. The van der Waals surface area contributed by atoms with E-state index in [2.05, 4.69) is 63.9 Å². The summed E-state index contributed by atoms with van der Waals surface area (Å²) < 4.78 is 24.7. The number of nitrogens with one attached hydrogen (secondary N) is 1. The Labute approximate surface area is 317 Å². The molecule has 5 heterocycles. The molecule has 1 N–H and O–H groups in total. The Bertz CT molecular complexity index is 1980. The van der Waals surface area contributed by atoms with E-state index in [0.29, 0.717) is 51.0 Å². The molecule has 0 radical (unpaired) electrons. The Morgan fingerprint density at radius 2 is 1.89 bits per heavy atom. The highest BCUT2D eigenvalue weighted by Crippen LogP contribution is 2.45. The van der Waals surface area contributed by atoms with Gasteiger partial charge in [-0.05, 0) is 97.2 Å². The van der Waals surface area contributed by atoms with Crippen molar-refractivity contribution >= 4 is 51.2 Å². The van der Waals surface area contributed by atoms with Crippen molar-refractivity contribution in [1.82, 2.24) is 14.9 Å². The summed E-state index contributed by atoms with van der Waals surface area (Å²) in [5.41, 5.74) is 8.14. The molecule has 4 aromatic rings. The summed E-state index contributed by atoms with van der Waals surface area (Å²) in [5.74, 6) is 0.219. The maximum absolute atomic E-state index is 13.5. The molecule has 280 valence electrons. The number of hydrogen-bond donors (Lipinski definition) is 1. The largest absolute Gasteiger partial charge is 0.476 e. The fourth-order valence-corrected chi connectivity index (χ4v) is 8.56. The minimum Gasteiger partial charge on any atom is -0.476 e. The average Bonchev–Trinajstić information content (AvgIpc) is 3.50. The molecule has 10 nitrogen and oxygen atoms in total. The smallest absolute Gasteiger partial charge is 0.340 e. The van der Waals surface area contributed by atoms with Crippen LogP contribution in [0.4, 0.5) is 17.1 Å². The van der Waals surface area contributed by atoms with Gasteiger partial charge in [0.2, 0.25) is 5.88 Å². The lowest BCUT2D eigenvalue weighted by molar-refractivity contribution is 0.0264. The van der Waals surface area contributed by atoms with Crippen LogP contribution in [-0.2, 0) is 14.2 Å². The van der Waals surface area contributed by atoms with Crippen LogP contribution in [0.15, 0.2) is 66.4 Å². The zero-order valence-corrected chi connectivity index (χ0v) is 31.8. The second kappa shape index (κ2) is 15.3. The molecule has 2 atom stereocenters. The maximum Gasteiger partial charge on any atom is 0.340 e. The molecule has 0 bridgehead atoms. The number of ether oxygens (including phenoxy) is 4. The molecule has 8 rings (SSSR count). The van der Waals surface area contributed by atoms with Gasteiger partial charge >= 0.3 is 5.97 Å². The number of hydrogen-bond acceptors (Lipinski definition) is 9. The molecule has 3 aliphatic heterocycles. The molecular formula is C42H50ClN5O5. The Balaban J connectivity index is 1.13. The van der Waals surface area contributed by atoms with E-state index in [1.165, 1.54) is 16.7 Å². The lowest BCUT2D eigenvalue weighted by Crippen LogP contribution is -2.56. The highest BCUT2D eigenvalue weighted by Gasteiger charge is 2.38. The molecule has 53 heavy (non-hydrogen) atoms. The first-order valence-corrected chi connectivity index (χ1v) is 19.5. The van der Waals surface area contributed by atoms with Crippen LogP contribution in [-0.4, -0.2) is 98.7 Å². The zero-order chi connectivity index (χ0) is 36.5. The van der Waals surface area contributed by atoms with Gasteiger partial charge in [0, 0.05) is 68.2 Å². The number of rotatable bonds is 5. The van der Waals surface area contributed by atoms with Crippen molar-refractivity contribution in [2.75, 3.05) is 75.6 Å². The van der Waals surface area contributed by atoms with Gasteiger partial charge in [0.1, 0.15) is 11.3 Å². The summed E-state index contributed by atoms with van der Waals surface area (Å²) in [5, 5.41) is 1.74. The third-order valence-electron chi connectivity index (χ3n) is 11.1. The summed E-state index contributed by atoms with van der Waals surface area (Å²) in [6, 6.07) is 18.7. The van der Waals surface area contributed by atoms with Crippen LogP contribution in [0.1, 0.15) is 62.4 Å². The molecule has 0 saturated carbocycles. The van der Waals surface area contributed by atoms with Crippen molar-refractivity contribution < 1.29 is 23.7 Å². The fraction of sp³-hybridized carbons (Fsp3) is 0.476. The standard InChI is InChI=1S/C42H50ClN5O5/c1-4-51-41(49)33-12-11-31(22-36(33)48-15-5-19-53-40-37(48)21-29-13-14-44-39(29)45-40)46-16-17-47-26-35-34(28-7-9-30(43)10-8-28)23-42(2,3)24-38(35)52-20-6-18-50-27-32(47)25-46/h7-14,21-22,32,38H,4-6,15-20,23-27H2,1-3H3,(H,44,45)/t32-,38+/m0/s1. The molecule has 2 fully saturated rings. The molecule has 11 heteroatoms. The summed E-state index contributed by atoms with van der Waals surface area (Å²) >= 11 is 6.34. The Hall–Kier alpha value is -4.09. The number of fused-ring (bicyclic) bond motifs is 4. The first-order valence-electron chi connectivity index (χ1n) is 19.1. The quantitative estimate of drug-likeness (QED) is 0.205. The van der Waals surface area contributed by atoms with Crippen LogP contribution in [0.5, 0.6) is 5.88 Å². The molecule has 0 spiro atoms. The Morgan fingerprint density at radius 3 is 2.74 bits per heavy atom. The number of piperazine rings is 1.